The molecule has 94 valence electrons. The smallest absolute Gasteiger partial charge is 0.0573 e. The van der Waals surface area contributed by atoms with Crippen LogP contribution in [0.15, 0.2) is 42.6 Å². The third kappa shape index (κ3) is 3.08. The van der Waals surface area contributed by atoms with Crippen molar-refractivity contribution in [1.29, 1.82) is 0 Å². The van der Waals surface area contributed by atoms with Crippen molar-refractivity contribution in [3.05, 3.63) is 59.4 Å². The maximum atomic E-state index is 5.90. The first kappa shape index (κ1) is 12.6. The molecule has 3 nitrogen and oxygen atoms in total. The molecule has 2 aromatic rings. The molecular formula is C15H19N3. The van der Waals surface area contributed by atoms with Gasteiger partial charge in [-0.05, 0) is 29.7 Å². The summed E-state index contributed by atoms with van der Waals surface area (Å²) in [5.41, 5.74) is 10.3. The van der Waals surface area contributed by atoms with Crippen LogP contribution in [0.5, 0.6) is 0 Å². The van der Waals surface area contributed by atoms with Crippen LogP contribution >= 0.6 is 0 Å². The summed E-state index contributed by atoms with van der Waals surface area (Å²) in [6, 6.07) is 12.0. The van der Waals surface area contributed by atoms with Gasteiger partial charge in [0.2, 0.25) is 0 Å². The van der Waals surface area contributed by atoms with Gasteiger partial charge in [0, 0.05) is 25.0 Å². The Labute approximate surface area is 108 Å². The van der Waals surface area contributed by atoms with Crippen molar-refractivity contribution in [2.75, 3.05) is 5.73 Å². The average molecular weight is 241 g/mol. The van der Waals surface area contributed by atoms with Crippen LogP contribution in [0.4, 0.5) is 5.69 Å². The van der Waals surface area contributed by atoms with E-state index in [4.69, 9.17) is 5.73 Å². The number of nitrogens with one attached hydrogen (secondary N) is 1. The van der Waals surface area contributed by atoms with E-state index >= 15 is 0 Å². The summed E-state index contributed by atoms with van der Waals surface area (Å²) in [6.07, 6.45) is 2.85. The number of benzene rings is 1. The zero-order chi connectivity index (χ0) is 12.8. The Morgan fingerprint density at radius 1 is 1.06 bits per heavy atom. The van der Waals surface area contributed by atoms with Gasteiger partial charge in [-0.2, -0.15) is 0 Å². The number of para-hydroxylation sites is 1. The number of nitrogens with zero attached hydrogens (tertiary/aromatic N) is 1. The minimum Gasteiger partial charge on any atom is -0.398 e. The molecule has 0 saturated heterocycles. The van der Waals surface area contributed by atoms with Crippen LogP contribution in [0.3, 0.4) is 0 Å². The molecule has 18 heavy (non-hydrogen) atoms. The van der Waals surface area contributed by atoms with Crippen LogP contribution in [-0.4, -0.2) is 4.98 Å². The van der Waals surface area contributed by atoms with Crippen LogP contribution in [0.1, 0.15) is 23.7 Å². The number of nitrogens with two attached hydrogens (primary N) is 1. The fourth-order valence-corrected chi connectivity index (χ4v) is 1.96. The fourth-order valence-electron chi connectivity index (χ4n) is 1.96. The van der Waals surface area contributed by atoms with Gasteiger partial charge in [0.05, 0.1) is 5.69 Å². The molecule has 0 aliphatic carbocycles. The summed E-state index contributed by atoms with van der Waals surface area (Å²) in [6.45, 7) is 3.69. The van der Waals surface area contributed by atoms with Crippen molar-refractivity contribution in [1.82, 2.24) is 10.3 Å². The molecule has 0 bridgehead atoms. The number of hydrogen-bond acceptors (Lipinski definition) is 3. The second kappa shape index (κ2) is 6.17. The number of anilines is 1. The number of aromatic nitrogens is 1. The lowest BCUT2D eigenvalue weighted by molar-refractivity contribution is 0.674. The van der Waals surface area contributed by atoms with Crippen LogP contribution in [0, 0.1) is 0 Å². The van der Waals surface area contributed by atoms with E-state index in [1.54, 1.807) is 0 Å². The predicted molar refractivity (Wildman–Crippen MR) is 75.0 cm³/mol. The van der Waals surface area contributed by atoms with Crippen molar-refractivity contribution >= 4 is 5.69 Å². The van der Waals surface area contributed by atoms with E-state index in [-0.39, 0.29) is 0 Å². The molecule has 0 unspecified atom stereocenters. The van der Waals surface area contributed by atoms with Crippen LogP contribution < -0.4 is 11.1 Å². The Morgan fingerprint density at radius 3 is 2.61 bits per heavy atom. The SMILES string of the molecule is CCc1cccnc1CNCc1ccccc1N. The molecule has 1 aromatic carbocycles. The van der Waals surface area contributed by atoms with Crippen molar-refractivity contribution in [3.8, 4) is 0 Å². The van der Waals surface area contributed by atoms with Gasteiger partial charge < -0.3 is 11.1 Å². The number of hydrogen-bond donors (Lipinski definition) is 2. The van der Waals surface area contributed by atoms with Crippen LogP contribution in [-0.2, 0) is 19.5 Å². The highest BCUT2D eigenvalue weighted by Crippen LogP contribution is 2.11. The predicted octanol–water partition coefficient (Wildman–Crippen LogP) is 2.52. The number of pyridine rings is 1. The molecule has 0 aliphatic rings. The molecule has 3 heteroatoms. The number of rotatable bonds is 5. The Balaban J connectivity index is 1.95. The van der Waals surface area contributed by atoms with Gasteiger partial charge in [0.25, 0.3) is 0 Å². The third-order valence-electron chi connectivity index (χ3n) is 3.03. The number of nitrogen functional groups attached to an aromatic ring is 1. The van der Waals surface area contributed by atoms with Crippen molar-refractivity contribution < 1.29 is 0 Å². The quantitative estimate of drug-likeness (QED) is 0.791. The van der Waals surface area contributed by atoms with E-state index in [0.29, 0.717) is 0 Å². The molecule has 1 heterocycles. The molecule has 0 atom stereocenters. The van der Waals surface area contributed by atoms with E-state index in [1.165, 1.54) is 5.56 Å². The van der Waals surface area contributed by atoms with Gasteiger partial charge in [0.1, 0.15) is 0 Å². The summed E-state index contributed by atoms with van der Waals surface area (Å²) >= 11 is 0. The molecule has 0 amide bonds. The van der Waals surface area contributed by atoms with Crippen LogP contribution in [0.2, 0.25) is 0 Å². The zero-order valence-electron chi connectivity index (χ0n) is 10.7. The minimum absolute atomic E-state index is 0.770. The number of aryl methyl sites for hydroxylation is 1. The molecule has 2 rings (SSSR count). The van der Waals surface area contributed by atoms with E-state index in [2.05, 4.69) is 23.3 Å². The van der Waals surface area contributed by atoms with E-state index < -0.39 is 0 Å². The van der Waals surface area contributed by atoms with Gasteiger partial charge in [0.15, 0.2) is 0 Å². The topological polar surface area (TPSA) is 50.9 Å². The van der Waals surface area contributed by atoms with Crippen LogP contribution in [0.25, 0.3) is 0 Å². The molecule has 0 fully saturated rings. The Morgan fingerprint density at radius 2 is 1.83 bits per heavy atom. The normalized spacial score (nSPS) is 10.5. The maximum Gasteiger partial charge on any atom is 0.0573 e. The standard InChI is InChI=1S/C15H19N3/c1-2-12-7-5-9-18-15(12)11-17-10-13-6-3-4-8-14(13)16/h3-9,17H,2,10-11,16H2,1H3. The molecule has 0 saturated carbocycles. The van der Waals surface area contributed by atoms with Crippen molar-refractivity contribution in [2.24, 2.45) is 0 Å². The summed E-state index contributed by atoms with van der Waals surface area (Å²) in [4.78, 5) is 4.41. The average Bonchev–Trinajstić information content (AvgIpc) is 2.41. The second-order valence-corrected chi connectivity index (χ2v) is 4.27. The van der Waals surface area contributed by atoms with E-state index in [1.807, 2.05) is 36.5 Å². The molecule has 3 N–H and O–H groups in total. The van der Waals surface area contributed by atoms with Crippen molar-refractivity contribution in [3.63, 3.8) is 0 Å². The van der Waals surface area contributed by atoms with Gasteiger partial charge in [-0.1, -0.05) is 31.2 Å². The van der Waals surface area contributed by atoms with Gasteiger partial charge in [-0.25, -0.2) is 0 Å². The summed E-state index contributed by atoms with van der Waals surface area (Å²) in [5, 5.41) is 3.39. The molecular weight excluding hydrogens is 222 g/mol. The summed E-state index contributed by atoms with van der Waals surface area (Å²) in [5.74, 6) is 0. The summed E-state index contributed by atoms with van der Waals surface area (Å²) in [7, 11) is 0. The summed E-state index contributed by atoms with van der Waals surface area (Å²) < 4.78 is 0. The third-order valence-corrected chi connectivity index (χ3v) is 3.03. The van der Waals surface area contributed by atoms with E-state index in [9.17, 15) is 0 Å². The largest absolute Gasteiger partial charge is 0.398 e. The minimum atomic E-state index is 0.770. The Hall–Kier alpha value is -1.87. The Bertz CT molecular complexity index is 509. The monoisotopic (exact) mass is 241 g/mol. The molecule has 1 aromatic heterocycles. The maximum absolute atomic E-state index is 5.90. The lowest BCUT2D eigenvalue weighted by Gasteiger charge is -2.09. The highest BCUT2D eigenvalue weighted by atomic mass is 14.9. The lowest BCUT2D eigenvalue weighted by Crippen LogP contribution is -2.16. The highest BCUT2D eigenvalue weighted by Gasteiger charge is 2.02. The second-order valence-electron chi connectivity index (χ2n) is 4.27. The fraction of sp³-hybridized carbons (Fsp3) is 0.267. The van der Waals surface area contributed by atoms with Gasteiger partial charge >= 0.3 is 0 Å². The highest BCUT2D eigenvalue weighted by molar-refractivity contribution is 5.46. The molecule has 0 spiro atoms. The molecule has 0 aliphatic heterocycles. The zero-order valence-corrected chi connectivity index (χ0v) is 10.7. The molecule has 0 radical (unpaired) electrons. The first-order chi connectivity index (χ1) is 8.81. The first-order valence-corrected chi connectivity index (χ1v) is 6.28. The van der Waals surface area contributed by atoms with Crippen molar-refractivity contribution in [2.45, 2.75) is 26.4 Å². The van der Waals surface area contributed by atoms with Gasteiger partial charge in [-0.15, -0.1) is 0 Å². The first-order valence-electron chi connectivity index (χ1n) is 6.28. The lowest BCUT2D eigenvalue weighted by atomic mass is 10.1. The van der Waals surface area contributed by atoms with Gasteiger partial charge in [-0.3, -0.25) is 4.98 Å². The van der Waals surface area contributed by atoms with E-state index in [0.717, 1.165) is 36.5 Å². The Kier molecular flexibility index (Phi) is 4.31.